The lowest BCUT2D eigenvalue weighted by atomic mass is 10.5. The summed E-state index contributed by atoms with van der Waals surface area (Å²) in [6.07, 6.45) is 0.258. The van der Waals surface area contributed by atoms with Crippen molar-refractivity contribution in [2.24, 2.45) is 0 Å². The van der Waals surface area contributed by atoms with Crippen molar-refractivity contribution in [2.45, 2.75) is 20.0 Å². The highest BCUT2D eigenvalue weighted by molar-refractivity contribution is 6.29. The molecule has 0 saturated carbocycles. The highest BCUT2D eigenvalue weighted by Gasteiger charge is 1.95. The zero-order valence-electron chi connectivity index (χ0n) is 8.33. The number of anilines is 1. The number of hydrogen-bond donors (Lipinski definition) is 1. The van der Waals surface area contributed by atoms with Gasteiger partial charge < -0.3 is 10.1 Å². The van der Waals surface area contributed by atoms with Gasteiger partial charge in [0.15, 0.2) is 5.15 Å². The lowest BCUT2D eigenvalue weighted by Gasteiger charge is -2.08. The molecule has 0 aromatic carbocycles. The summed E-state index contributed by atoms with van der Waals surface area (Å²) < 4.78 is 5.35. The van der Waals surface area contributed by atoms with Crippen LogP contribution in [0.2, 0.25) is 5.15 Å². The second kappa shape index (κ2) is 5.78. The van der Waals surface area contributed by atoms with Crippen molar-refractivity contribution in [3.05, 3.63) is 17.3 Å². The van der Waals surface area contributed by atoms with Crippen LogP contribution in [0.25, 0.3) is 0 Å². The number of hydrogen-bond acceptors (Lipinski definition) is 4. The van der Waals surface area contributed by atoms with E-state index in [9.17, 15) is 0 Å². The Morgan fingerprint density at radius 1 is 1.43 bits per heavy atom. The fourth-order valence-electron chi connectivity index (χ4n) is 0.884. The predicted molar refractivity (Wildman–Crippen MR) is 56.6 cm³/mol. The first kappa shape index (κ1) is 11.2. The zero-order valence-corrected chi connectivity index (χ0v) is 9.08. The van der Waals surface area contributed by atoms with Crippen molar-refractivity contribution in [1.29, 1.82) is 0 Å². The predicted octanol–water partition coefficient (Wildman–Crippen LogP) is 1.97. The van der Waals surface area contributed by atoms with Crippen LogP contribution in [-0.4, -0.2) is 29.5 Å². The second-order valence-electron chi connectivity index (χ2n) is 3.09. The molecule has 0 aliphatic heterocycles. The van der Waals surface area contributed by atoms with Crippen LogP contribution >= 0.6 is 11.6 Å². The summed E-state index contributed by atoms with van der Waals surface area (Å²) in [6.45, 7) is 5.38. The Labute approximate surface area is 88.6 Å². The fraction of sp³-hybridized carbons (Fsp3) is 0.556. The maximum absolute atomic E-state index is 5.59. The largest absolute Gasteiger partial charge is 0.377 e. The van der Waals surface area contributed by atoms with Gasteiger partial charge in [-0.15, -0.1) is 10.2 Å². The number of nitrogens with zero attached hydrogens (tertiary/aromatic N) is 2. The van der Waals surface area contributed by atoms with E-state index in [1.807, 2.05) is 13.8 Å². The molecule has 1 aromatic rings. The van der Waals surface area contributed by atoms with Crippen LogP contribution in [0.3, 0.4) is 0 Å². The van der Waals surface area contributed by atoms with Crippen LogP contribution in [0.1, 0.15) is 13.8 Å². The van der Waals surface area contributed by atoms with Gasteiger partial charge in [-0.05, 0) is 26.0 Å². The zero-order chi connectivity index (χ0) is 10.4. The van der Waals surface area contributed by atoms with Gasteiger partial charge in [-0.1, -0.05) is 11.6 Å². The van der Waals surface area contributed by atoms with Gasteiger partial charge in [0.25, 0.3) is 0 Å². The standard InChI is InChI=1S/C9H14ClN3O/c1-7(2)14-6-5-11-9-4-3-8(10)12-13-9/h3-4,7H,5-6H2,1-2H3,(H,11,13). The third-order valence-electron chi connectivity index (χ3n) is 1.49. The van der Waals surface area contributed by atoms with Gasteiger partial charge >= 0.3 is 0 Å². The van der Waals surface area contributed by atoms with E-state index in [1.165, 1.54) is 0 Å². The quantitative estimate of drug-likeness (QED) is 0.763. The first-order chi connectivity index (χ1) is 6.68. The average molecular weight is 216 g/mol. The third kappa shape index (κ3) is 4.39. The van der Waals surface area contributed by atoms with Gasteiger partial charge in [-0.2, -0.15) is 0 Å². The van der Waals surface area contributed by atoms with E-state index in [4.69, 9.17) is 16.3 Å². The molecule has 1 heterocycles. The smallest absolute Gasteiger partial charge is 0.151 e. The second-order valence-corrected chi connectivity index (χ2v) is 3.47. The molecule has 5 heteroatoms. The van der Waals surface area contributed by atoms with Crippen LogP contribution < -0.4 is 5.32 Å². The molecule has 78 valence electrons. The fourth-order valence-corrected chi connectivity index (χ4v) is 0.985. The number of rotatable bonds is 5. The Kier molecular flexibility index (Phi) is 4.62. The number of aromatic nitrogens is 2. The van der Waals surface area contributed by atoms with Crippen molar-refractivity contribution in [1.82, 2.24) is 10.2 Å². The molecule has 0 fully saturated rings. The summed E-state index contributed by atoms with van der Waals surface area (Å²) >= 11 is 5.59. The van der Waals surface area contributed by atoms with Gasteiger partial charge in [0, 0.05) is 6.54 Å². The molecule has 0 aliphatic rings. The SMILES string of the molecule is CC(C)OCCNc1ccc(Cl)nn1. The maximum Gasteiger partial charge on any atom is 0.151 e. The van der Waals surface area contributed by atoms with Crippen LogP contribution in [-0.2, 0) is 4.74 Å². The van der Waals surface area contributed by atoms with E-state index < -0.39 is 0 Å². The molecule has 0 radical (unpaired) electrons. The van der Waals surface area contributed by atoms with Gasteiger partial charge in [0.2, 0.25) is 0 Å². The Hall–Kier alpha value is -0.870. The molecule has 0 unspecified atom stereocenters. The molecule has 0 atom stereocenters. The van der Waals surface area contributed by atoms with E-state index in [0.29, 0.717) is 24.1 Å². The number of nitrogens with one attached hydrogen (secondary N) is 1. The number of ether oxygens (including phenoxy) is 1. The summed E-state index contributed by atoms with van der Waals surface area (Å²) in [5, 5.41) is 11.0. The average Bonchev–Trinajstić information content (AvgIpc) is 2.15. The molecule has 1 aromatic heterocycles. The first-order valence-electron chi connectivity index (χ1n) is 4.53. The van der Waals surface area contributed by atoms with E-state index in [-0.39, 0.29) is 6.10 Å². The van der Waals surface area contributed by atoms with Crippen molar-refractivity contribution in [2.75, 3.05) is 18.5 Å². The minimum absolute atomic E-state index is 0.258. The van der Waals surface area contributed by atoms with Gasteiger partial charge in [-0.25, -0.2) is 0 Å². The van der Waals surface area contributed by atoms with Crippen LogP contribution in [0.5, 0.6) is 0 Å². The molecule has 14 heavy (non-hydrogen) atoms. The lowest BCUT2D eigenvalue weighted by Crippen LogP contribution is -2.13. The summed E-state index contributed by atoms with van der Waals surface area (Å²) in [5.74, 6) is 0.710. The molecule has 0 amide bonds. The van der Waals surface area contributed by atoms with Crippen LogP contribution in [0.15, 0.2) is 12.1 Å². The maximum atomic E-state index is 5.59. The van der Waals surface area contributed by atoms with Crippen LogP contribution in [0, 0.1) is 0 Å². The summed E-state index contributed by atoms with van der Waals surface area (Å²) in [7, 11) is 0. The van der Waals surface area contributed by atoms with E-state index in [1.54, 1.807) is 12.1 Å². The molecule has 0 aliphatic carbocycles. The molecule has 0 spiro atoms. The van der Waals surface area contributed by atoms with E-state index >= 15 is 0 Å². The van der Waals surface area contributed by atoms with Gasteiger partial charge in [0.05, 0.1) is 12.7 Å². The lowest BCUT2D eigenvalue weighted by molar-refractivity contribution is 0.0870. The highest BCUT2D eigenvalue weighted by Crippen LogP contribution is 2.05. The molecule has 4 nitrogen and oxygen atoms in total. The topological polar surface area (TPSA) is 47.0 Å². The summed E-state index contributed by atoms with van der Waals surface area (Å²) in [4.78, 5) is 0. The monoisotopic (exact) mass is 215 g/mol. The first-order valence-corrected chi connectivity index (χ1v) is 4.91. The van der Waals surface area contributed by atoms with E-state index in [0.717, 1.165) is 0 Å². The Morgan fingerprint density at radius 2 is 2.21 bits per heavy atom. The molecular formula is C9H14ClN3O. The van der Waals surface area contributed by atoms with E-state index in [2.05, 4.69) is 15.5 Å². The van der Waals surface area contributed by atoms with Crippen molar-refractivity contribution < 1.29 is 4.74 Å². The molecule has 1 rings (SSSR count). The third-order valence-corrected chi connectivity index (χ3v) is 1.69. The van der Waals surface area contributed by atoms with Crippen LogP contribution in [0.4, 0.5) is 5.82 Å². The minimum Gasteiger partial charge on any atom is -0.377 e. The van der Waals surface area contributed by atoms with Gasteiger partial charge in [-0.3, -0.25) is 0 Å². The minimum atomic E-state index is 0.258. The molecule has 0 bridgehead atoms. The molecule has 0 saturated heterocycles. The Morgan fingerprint density at radius 3 is 2.79 bits per heavy atom. The Balaban J connectivity index is 2.21. The summed E-state index contributed by atoms with van der Waals surface area (Å²) in [5.41, 5.74) is 0. The van der Waals surface area contributed by atoms with Crippen molar-refractivity contribution >= 4 is 17.4 Å². The Bertz CT molecular complexity index is 263. The highest BCUT2D eigenvalue weighted by atomic mass is 35.5. The number of halogens is 1. The molecule has 1 N–H and O–H groups in total. The normalized spacial score (nSPS) is 10.6. The summed E-state index contributed by atoms with van der Waals surface area (Å²) in [6, 6.07) is 3.48. The molecular weight excluding hydrogens is 202 g/mol. The van der Waals surface area contributed by atoms with Gasteiger partial charge in [0.1, 0.15) is 5.82 Å². The van der Waals surface area contributed by atoms with Crippen molar-refractivity contribution in [3.63, 3.8) is 0 Å². The van der Waals surface area contributed by atoms with Crippen molar-refractivity contribution in [3.8, 4) is 0 Å².